The van der Waals surface area contributed by atoms with Crippen molar-refractivity contribution >= 4 is 58.6 Å². The molecule has 6 rings (SSSR count). The van der Waals surface area contributed by atoms with Crippen LogP contribution in [0.4, 0.5) is 58.7 Å². The maximum Gasteiger partial charge on any atom is 0.416 e. The summed E-state index contributed by atoms with van der Waals surface area (Å²) < 4.78 is 95.3. The van der Waals surface area contributed by atoms with Crippen molar-refractivity contribution in [2.75, 3.05) is 122 Å². The maximum atomic E-state index is 14.6. The SMILES string of the molecule is CC1=C(C(=O)OCCN(C)C)[C@@H](c2ccc(N)cc2)N(CC(=O)NCCN(C)CCNC(=O)CN2C(=O)N(c3cccc(C(F)(F)F)c3)C(C)=C(C(=O)OCCN(C)C)[C@H]2c2ccc(N)cc2)C(=O)N1c1cccc(C(F)(F)F)c1. The number of benzene rings is 4. The number of halogens is 6. The van der Waals surface area contributed by atoms with Crippen LogP contribution < -0.4 is 31.9 Å². The fourth-order valence-electron chi connectivity index (χ4n) is 8.95. The van der Waals surface area contributed by atoms with E-state index >= 15 is 0 Å². The fraction of sp³-hybridized carbons (Fsp3) is 0.382. The number of carbonyl (C=O) groups excluding carboxylic acids is 6. The molecule has 0 fully saturated rings. The summed E-state index contributed by atoms with van der Waals surface area (Å²) >= 11 is 0. The van der Waals surface area contributed by atoms with Crippen molar-refractivity contribution in [3.8, 4) is 0 Å². The molecule has 2 aliphatic heterocycles. The number of esters is 2. The lowest BCUT2D eigenvalue weighted by molar-refractivity contribution is -0.141. The Hall–Kier alpha value is -8.16. The zero-order chi connectivity index (χ0) is 58.8. The molecule has 6 N–H and O–H groups in total. The van der Waals surface area contributed by atoms with E-state index in [0.29, 0.717) is 35.6 Å². The third-order valence-electron chi connectivity index (χ3n) is 13.1. The molecule has 430 valence electrons. The van der Waals surface area contributed by atoms with E-state index in [4.69, 9.17) is 20.9 Å². The number of rotatable bonds is 22. The van der Waals surface area contributed by atoms with Gasteiger partial charge in [-0.05, 0) is 121 Å². The molecular weight excluding hydrogens is 1060 g/mol. The Morgan fingerprint density at radius 3 is 1.23 bits per heavy atom. The second-order valence-electron chi connectivity index (χ2n) is 19.6. The molecule has 2 heterocycles. The van der Waals surface area contributed by atoms with Crippen molar-refractivity contribution in [2.24, 2.45) is 0 Å². The summed E-state index contributed by atoms with van der Waals surface area (Å²) in [5, 5.41) is 5.49. The van der Waals surface area contributed by atoms with Crippen LogP contribution in [0.2, 0.25) is 0 Å². The van der Waals surface area contributed by atoms with E-state index in [1.165, 1.54) is 50.2 Å². The molecule has 0 saturated heterocycles. The summed E-state index contributed by atoms with van der Waals surface area (Å²) in [4.78, 5) is 94.5. The first kappa shape index (κ1) is 61.1. The van der Waals surface area contributed by atoms with Crippen LogP contribution in [0, 0.1) is 0 Å². The Morgan fingerprint density at radius 2 is 0.900 bits per heavy atom. The summed E-state index contributed by atoms with van der Waals surface area (Å²) in [5.74, 6) is -3.14. The van der Waals surface area contributed by atoms with Crippen molar-refractivity contribution in [1.82, 2.24) is 35.1 Å². The van der Waals surface area contributed by atoms with Crippen LogP contribution in [-0.2, 0) is 41.0 Å². The van der Waals surface area contributed by atoms with Gasteiger partial charge in [-0.1, -0.05) is 36.4 Å². The number of amides is 6. The molecule has 0 aliphatic carbocycles. The molecule has 19 nitrogen and oxygen atoms in total. The highest BCUT2D eigenvalue weighted by Gasteiger charge is 2.46. The summed E-state index contributed by atoms with van der Waals surface area (Å²) in [6.45, 7) is 2.29. The molecule has 4 aromatic rings. The Bertz CT molecular complexity index is 2770. The molecule has 6 amide bonds. The molecule has 25 heteroatoms. The molecule has 0 spiro atoms. The number of urea groups is 2. The van der Waals surface area contributed by atoms with Crippen molar-refractivity contribution in [3.05, 3.63) is 142 Å². The Morgan fingerprint density at radius 1 is 0.550 bits per heavy atom. The lowest BCUT2D eigenvalue weighted by Crippen LogP contribution is -2.54. The van der Waals surface area contributed by atoms with Crippen LogP contribution in [0.25, 0.3) is 0 Å². The highest BCUT2D eigenvalue weighted by atomic mass is 19.4. The van der Waals surface area contributed by atoms with E-state index in [0.717, 1.165) is 56.0 Å². The van der Waals surface area contributed by atoms with Crippen LogP contribution >= 0.6 is 0 Å². The van der Waals surface area contributed by atoms with Crippen LogP contribution in [-0.4, -0.2) is 161 Å². The summed E-state index contributed by atoms with van der Waals surface area (Å²) in [5.41, 5.74) is 10.6. The number of nitrogen functional groups attached to an aromatic ring is 2. The number of allylic oxidation sites excluding steroid dienone is 2. The predicted molar refractivity (Wildman–Crippen MR) is 287 cm³/mol. The molecule has 80 heavy (non-hydrogen) atoms. The van der Waals surface area contributed by atoms with E-state index in [-0.39, 0.29) is 73.3 Å². The first-order valence-corrected chi connectivity index (χ1v) is 25.2. The third kappa shape index (κ3) is 15.1. The van der Waals surface area contributed by atoms with Gasteiger partial charge in [0.05, 0.1) is 45.7 Å². The number of hydrogen-bond donors (Lipinski definition) is 4. The number of alkyl halides is 6. The van der Waals surface area contributed by atoms with Gasteiger partial charge < -0.3 is 56.1 Å². The van der Waals surface area contributed by atoms with E-state index in [1.807, 2.05) is 0 Å². The van der Waals surface area contributed by atoms with E-state index < -0.39 is 84.5 Å². The molecule has 2 atom stereocenters. The van der Waals surface area contributed by atoms with Gasteiger partial charge in [-0.15, -0.1) is 0 Å². The average Bonchev–Trinajstić information content (AvgIpc) is 3.55. The largest absolute Gasteiger partial charge is 0.461 e. The maximum absolute atomic E-state index is 14.6. The van der Waals surface area contributed by atoms with Crippen LogP contribution in [0.3, 0.4) is 0 Å². The predicted octanol–water partition coefficient (Wildman–Crippen LogP) is 6.48. The lowest BCUT2D eigenvalue weighted by atomic mass is 9.92. The first-order valence-electron chi connectivity index (χ1n) is 25.2. The Kier molecular flexibility index (Phi) is 20.0. The lowest BCUT2D eigenvalue weighted by Gasteiger charge is -2.42. The van der Waals surface area contributed by atoms with Crippen molar-refractivity contribution in [2.45, 2.75) is 38.3 Å². The highest BCUT2D eigenvalue weighted by Crippen LogP contribution is 2.43. The molecule has 2 aliphatic rings. The smallest absolute Gasteiger partial charge is 0.416 e. The topological polar surface area (TPSA) is 220 Å². The van der Waals surface area contributed by atoms with Crippen molar-refractivity contribution in [3.63, 3.8) is 0 Å². The zero-order valence-electron chi connectivity index (χ0n) is 45.3. The van der Waals surface area contributed by atoms with E-state index in [2.05, 4.69) is 10.6 Å². The normalized spacial score (nSPS) is 16.3. The molecule has 0 saturated carbocycles. The molecule has 0 aromatic heterocycles. The molecule has 0 unspecified atom stereocenters. The zero-order valence-corrected chi connectivity index (χ0v) is 45.3. The number of nitrogens with one attached hydrogen (secondary N) is 2. The standard InChI is InChI=1S/C55H65F6N11O8/c1-34-46(50(75)79-28-26-66(3)4)48(36-14-18-40(62)19-15-36)69(52(77)71(34)42-12-8-10-38(30-42)54(56,57)58)32-44(73)64-22-24-68(7)25-23-65-45(74)33-70-49(37-16-20-41(63)21-17-37)47(51(76)80-29-27-67(5)6)35(2)72(53(70)78)43-13-9-11-39(31-43)55(59,60)61/h8-21,30-31,48-49H,22-29,32-33,62-63H2,1-7H3,(H,64,73)(H,65,74)/t48-,49-/m1/s1. The molecule has 0 bridgehead atoms. The molecular formula is C55H65F6N11O8. The summed E-state index contributed by atoms with van der Waals surface area (Å²) in [6.07, 6.45) is -9.56. The van der Waals surface area contributed by atoms with E-state index in [1.54, 1.807) is 74.2 Å². The second kappa shape index (κ2) is 26.2. The number of nitrogens with two attached hydrogens (primary N) is 2. The second-order valence-corrected chi connectivity index (χ2v) is 19.6. The summed E-state index contributed by atoms with van der Waals surface area (Å²) in [7, 11) is 8.72. The van der Waals surface area contributed by atoms with Gasteiger partial charge in [-0.25, -0.2) is 19.2 Å². The van der Waals surface area contributed by atoms with Gasteiger partial charge >= 0.3 is 36.4 Å². The third-order valence-corrected chi connectivity index (χ3v) is 13.1. The van der Waals surface area contributed by atoms with Crippen molar-refractivity contribution in [1.29, 1.82) is 0 Å². The minimum atomic E-state index is -4.78. The number of ether oxygens (including phenoxy) is 2. The molecule has 0 radical (unpaired) electrons. The molecule has 4 aromatic carbocycles. The van der Waals surface area contributed by atoms with Gasteiger partial charge in [0.25, 0.3) is 0 Å². The average molecular weight is 1120 g/mol. The first-order chi connectivity index (χ1) is 37.7. The highest BCUT2D eigenvalue weighted by molar-refractivity contribution is 6.06. The van der Waals surface area contributed by atoms with Crippen LogP contribution in [0.1, 0.15) is 48.2 Å². The van der Waals surface area contributed by atoms with Gasteiger partial charge in [-0.2, -0.15) is 26.3 Å². The number of likely N-dealkylation sites (N-methyl/N-ethyl adjacent to an activating group) is 3. The number of hydrogen-bond acceptors (Lipinski definition) is 13. The monoisotopic (exact) mass is 1120 g/mol. The number of anilines is 4. The fourth-order valence-corrected chi connectivity index (χ4v) is 8.95. The van der Waals surface area contributed by atoms with Gasteiger partial charge in [0, 0.05) is 62.0 Å². The van der Waals surface area contributed by atoms with Crippen molar-refractivity contribution < 1.29 is 64.6 Å². The van der Waals surface area contributed by atoms with Gasteiger partial charge in [0.15, 0.2) is 0 Å². The van der Waals surface area contributed by atoms with Crippen LogP contribution in [0.5, 0.6) is 0 Å². The minimum absolute atomic E-state index is 0.0144. The Labute approximate surface area is 459 Å². The van der Waals surface area contributed by atoms with Gasteiger partial charge in [0.2, 0.25) is 11.8 Å². The van der Waals surface area contributed by atoms with Gasteiger partial charge in [0.1, 0.15) is 26.3 Å². The van der Waals surface area contributed by atoms with Gasteiger partial charge in [-0.3, -0.25) is 19.4 Å². The number of nitrogens with zero attached hydrogens (tertiary/aromatic N) is 7. The quantitative estimate of drug-likeness (QED) is 0.0377. The van der Waals surface area contributed by atoms with E-state index in [9.17, 15) is 55.1 Å². The summed E-state index contributed by atoms with van der Waals surface area (Å²) in [6, 6.07) is 16.0. The minimum Gasteiger partial charge on any atom is -0.461 e. The van der Waals surface area contributed by atoms with Crippen LogP contribution in [0.15, 0.2) is 120 Å². The number of carbonyl (C=O) groups is 6. The Balaban J connectivity index is 1.18.